The number of carboxylic acid groups (broad SMARTS) is 3. The van der Waals surface area contributed by atoms with Gasteiger partial charge in [-0.15, -0.1) is 4.99 Å². The van der Waals surface area contributed by atoms with E-state index in [2.05, 4.69) is 10.3 Å². The van der Waals surface area contributed by atoms with Gasteiger partial charge in [-0.25, -0.2) is 4.79 Å². The molecule has 52 heavy (non-hydrogen) atoms. The van der Waals surface area contributed by atoms with Crippen molar-refractivity contribution in [3.63, 3.8) is 0 Å². The molecule has 0 radical (unpaired) electrons. The van der Waals surface area contributed by atoms with Crippen molar-refractivity contribution >= 4 is 59.6 Å². The number of ether oxygens (including phenoxy) is 1. The molecule has 0 saturated carbocycles. The molecule has 0 saturated heterocycles. The summed E-state index contributed by atoms with van der Waals surface area (Å²) in [4.78, 5) is 81.0. The fourth-order valence-corrected chi connectivity index (χ4v) is 1.95. The molecule has 24 heteroatoms. The van der Waals surface area contributed by atoms with Crippen LogP contribution in [-0.2, 0) is 33.5 Å². The summed E-state index contributed by atoms with van der Waals surface area (Å²) < 4.78 is 69.0. The minimum Gasteiger partial charge on any atom is -0.870 e. The molecule has 0 aliphatic heterocycles. The first kappa shape index (κ1) is 45.8. The molecule has 0 heterocycles. The Bertz CT molecular complexity index is 1390. The summed E-state index contributed by atoms with van der Waals surface area (Å²) in [6, 6.07) is 0. The van der Waals surface area contributed by atoms with E-state index in [1.54, 1.807) is 20.8 Å². The molecule has 22 nitrogen and oxygen atoms in total. The van der Waals surface area contributed by atoms with Gasteiger partial charge in [0.15, 0.2) is 11.9 Å². The van der Waals surface area contributed by atoms with E-state index in [1.165, 1.54) is 20.8 Å². The summed E-state index contributed by atoms with van der Waals surface area (Å²) in [6.07, 6.45) is -1.04. The molecular weight excluding hydrogens is 684 g/mol. The van der Waals surface area contributed by atoms with E-state index in [0.717, 1.165) is 0 Å². The molecule has 0 aromatic rings. The van der Waals surface area contributed by atoms with Gasteiger partial charge in [-0.05, 0) is 20.8 Å². The first-order valence-corrected chi connectivity index (χ1v) is 13.0. The van der Waals surface area contributed by atoms with Crippen molar-refractivity contribution in [2.24, 2.45) is 4.99 Å². The maximum Gasteiger partial charge on any atom is 1.00 e. The Balaban J connectivity index is -0.0000000925. The Kier molecular flexibility index (Phi) is 32.3. The maximum absolute atomic E-state index is 11.7. The second kappa shape index (κ2) is 36.6. The maximum atomic E-state index is 11.7. The van der Waals surface area contributed by atoms with Crippen molar-refractivity contribution in [1.29, 1.82) is 10.8 Å². The minimum atomic E-state index is -2.93. The number of carboxylic acids is 3. The number of hydrogen-bond donors (Lipinski definition) is 7. The van der Waals surface area contributed by atoms with E-state index >= 15 is 0 Å². The summed E-state index contributed by atoms with van der Waals surface area (Å²) in [7, 11) is 0. The van der Waals surface area contributed by atoms with Gasteiger partial charge < -0.3 is 50.5 Å². The average molecular weight is 751 g/mol. The minimum absolute atomic E-state index is 0. The number of likely N-dealkylation sites (N-methyl/N-ethyl adjacent to an activating group) is 3. The third-order valence-corrected chi connectivity index (χ3v) is 3.99. The van der Waals surface area contributed by atoms with E-state index in [-0.39, 0.29) is 87.7 Å². The normalized spacial score (nSPS) is 12.3. The molecule has 4 amide bonds. The smallest absolute Gasteiger partial charge is 0.870 e. The Morgan fingerprint density at radius 2 is 1.06 bits per heavy atom. The number of hydrogen-bond acceptors (Lipinski definition) is 12. The first-order valence-electron chi connectivity index (χ1n) is 17.5. The SMILES string of the molecule is C.C.O.[2H]C([2H])([2H])N(CC(=O)O)C(=N)NC(=O)CC.[2H]C([2H])([2H])N(CC(=O)O)C(=NC(=O)OC(C)(C)C)NC(=O)CC.[2H]C([2H])([2H])N(CC(=O)[O-])C(=N)NC(=O)CC.[Li+].[Li+].[OH-]. The van der Waals surface area contributed by atoms with E-state index in [0.29, 0.717) is 9.80 Å². The van der Waals surface area contributed by atoms with Gasteiger partial charge in [-0.3, -0.25) is 50.7 Å². The molecular formula is C28H57Li2N9O13. The molecule has 0 aliphatic rings. The summed E-state index contributed by atoms with van der Waals surface area (Å²) in [5.41, 5.74) is -0.891. The molecule has 294 valence electrons. The molecule has 0 bridgehead atoms. The Morgan fingerprint density at radius 1 is 0.731 bits per heavy atom. The van der Waals surface area contributed by atoms with Crippen LogP contribution in [-0.4, -0.2) is 142 Å². The molecule has 0 aliphatic carbocycles. The Morgan fingerprint density at radius 3 is 1.35 bits per heavy atom. The zero-order valence-corrected chi connectivity index (χ0v) is 29.0. The molecule has 0 unspecified atom stereocenters. The molecule has 0 atom stereocenters. The van der Waals surface area contributed by atoms with Gasteiger partial charge >= 0.3 is 55.8 Å². The molecule has 0 fully saturated rings. The van der Waals surface area contributed by atoms with Gasteiger partial charge in [0.05, 0.1) is 12.5 Å². The summed E-state index contributed by atoms with van der Waals surface area (Å²) in [5.74, 6) is -8.49. The van der Waals surface area contributed by atoms with Crippen LogP contribution in [0, 0.1) is 10.8 Å². The number of carbonyl (C=O) groups excluding carboxylic acids is 5. The monoisotopic (exact) mass is 750 g/mol. The first-order chi connectivity index (χ1) is 24.6. The largest absolute Gasteiger partial charge is 1.00 e. The Hall–Kier alpha value is -4.19. The van der Waals surface area contributed by atoms with Gasteiger partial charge in [0.25, 0.3) is 0 Å². The van der Waals surface area contributed by atoms with E-state index < -0.39 is 106 Å². The molecule has 0 spiro atoms. The number of nitrogens with zero attached hydrogens (tertiary/aromatic N) is 4. The van der Waals surface area contributed by atoms with Crippen molar-refractivity contribution in [3.05, 3.63) is 0 Å². The number of rotatable bonds is 9. The van der Waals surface area contributed by atoms with Crippen molar-refractivity contribution < 1.29 is 115 Å². The number of nitrogens with one attached hydrogen (secondary N) is 5. The summed E-state index contributed by atoms with van der Waals surface area (Å²) in [5, 5.41) is 48.3. The van der Waals surface area contributed by atoms with Crippen molar-refractivity contribution in [1.82, 2.24) is 30.7 Å². The van der Waals surface area contributed by atoms with Crippen LogP contribution in [0.5, 0.6) is 0 Å². The second-order valence-electron chi connectivity index (χ2n) is 9.24. The van der Waals surface area contributed by atoms with Crippen LogP contribution in [0.2, 0.25) is 0 Å². The average Bonchev–Trinajstić information content (AvgIpc) is 2.98. The van der Waals surface area contributed by atoms with Crippen LogP contribution in [0.1, 0.15) is 88.0 Å². The van der Waals surface area contributed by atoms with Crippen molar-refractivity contribution in [2.75, 3.05) is 40.6 Å². The van der Waals surface area contributed by atoms with E-state index in [9.17, 15) is 38.7 Å². The van der Waals surface area contributed by atoms with Crippen LogP contribution in [0.4, 0.5) is 4.79 Å². The fraction of sp³-hybridized carbons (Fsp3) is 0.643. The topological polar surface area (TPSA) is 360 Å². The molecule has 0 rings (SSSR count). The fourth-order valence-electron chi connectivity index (χ4n) is 1.95. The predicted octanol–water partition coefficient (Wildman–Crippen LogP) is -7.31. The van der Waals surface area contributed by atoms with E-state index in [1.807, 2.05) is 10.6 Å². The van der Waals surface area contributed by atoms with Gasteiger partial charge in [0.2, 0.25) is 23.7 Å². The second-order valence-corrected chi connectivity index (χ2v) is 9.24. The Labute approximate surface area is 342 Å². The third kappa shape index (κ3) is 42.0. The van der Waals surface area contributed by atoms with Crippen LogP contribution in [0.25, 0.3) is 0 Å². The molecule has 10 N–H and O–H groups in total. The van der Waals surface area contributed by atoms with Crippen molar-refractivity contribution in [3.8, 4) is 0 Å². The van der Waals surface area contributed by atoms with Crippen LogP contribution < -0.4 is 58.8 Å². The van der Waals surface area contributed by atoms with Crippen LogP contribution >= 0.6 is 0 Å². The number of guanidine groups is 3. The zero-order chi connectivity index (χ0) is 44.3. The molecule has 0 aromatic carbocycles. The van der Waals surface area contributed by atoms with Gasteiger partial charge in [-0.2, -0.15) is 0 Å². The number of carbonyl (C=O) groups is 7. The number of amides is 4. The summed E-state index contributed by atoms with van der Waals surface area (Å²) in [6.45, 7) is -2.12. The van der Waals surface area contributed by atoms with Crippen LogP contribution in [0.3, 0.4) is 0 Å². The number of aliphatic imine (C=N–C) groups is 1. The van der Waals surface area contributed by atoms with Crippen LogP contribution in [0.15, 0.2) is 4.99 Å². The number of aliphatic carboxylic acids is 3. The predicted molar refractivity (Wildman–Crippen MR) is 182 cm³/mol. The summed E-state index contributed by atoms with van der Waals surface area (Å²) >= 11 is 0. The van der Waals surface area contributed by atoms with Crippen molar-refractivity contribution in [2.45, 2.75) is 81.3 Å². The third-order valence-electron chi connectivity index (χ3n) is 3.99. The standard InChI is InChI=1S/C12H21N3O5.2C7H13N3O3.2CH4.2Li.2H2O/c1-6-8(16)13-10(15(5)7-9(17)18)14-11(19)20-12(2,3)4;2*1-3-5(11)9-7(8)10(2)4-6(12)13;;;;;;/h6-7H2,1-5H3,(H,17,18)(H,13,14,16,19);2*3-4H2,1-2H3,(H,12,13)(H2,8,9,11);2*1H4;;;2*1H2/q;;;;;2*+1;;/p-2/i5D3;2*2D3;;;;;;. The van der Waals surface area contributed by atoms with Gasteiger partial charge in [0, 0.05) is 52.5 Å². The van der Waals surface area contributed by atoms with Gasteiger partial charge in [0.1, 0.15) is 18.7 Å². The zero-order valence-electron chi connectivity index (χ0n) is 38.0. The quantitative estimate of drug-likeness (QED) is 0.0654. The van der Waals surface area contributed by atoms with E-state index in [4.69, 9.17) is 38.1 Å². The van der Waals surface area contributed by atoms with Gasteiger partial charge in [-0.1, -0.05) is 35.6 Å². The molecule has 0 aromatic heterocycles.